The highest BCUT2D eigenvalue weighted by Crippen LogP contribution is 2.41. The molecule has 4 nitrogen and oxygen atoms in total. The highest BCUT2D eigenvalue weighted by atomic mass is 16.3. The zero-order valence-electron chi connectivity index (χ0n) is 22.3. The quantitative estimate of drug-likeness (QED) is 0.225. The topological polar surface area (TPSA) is 73.9 Å². The van der Waals surface area contributed by atoms with Crippen molar-refractivity contribution < 1.29 is 8.83 Å². The molecule has 0 amide bonds. The molecule has 2 heterocycles. The summed E-state index contributed by atoms with van der Waals surface area (Å²) in [5.41, 5.74) is 9.62. The second kappa shape index (κ2) is 9.24. The van der Waals surface area contributed by atoms with E-state index in [1.165, 1.54) is 0 Å². The normalized spacial score (nSPS) is 11.3. The number of fused-ring (bicyclic) bond motifs is 6. The molecule has 0 bridgehead atoms. The molecule has 4 heteroatoms. The molecule has 0 spiro atoms. The first-order valence-corrected chi connectivity index (χ1v) is 13.6. The molecule has 194 valence electrons. The Bertz CT molecular complexity index is 2410. The predicted molar refractivity (Wildman–Crippen MR) is 167 cm³/mol. The Morgan fingerprint density at radius 2 is 1.02 bits per heavy atom. The molecule has 0 aliphatic rings. The van der Waals surface area contributed by atoms with Gasteiger partial charge < -0.3 is 8.83 Å². The van der Waals surface area contributed by atoms with Crippen LogP contribution in [-0.2, 0) is 0 Å². The molecule has 0 atom stereocenters. The number of hydrogen-bond donors (Lipinski definition) is 0. The largest absolute Gasteiger partial charge is 0.456 e. The molecular weight excluding hydrogens is 516 g/mol. The minimum atomic E-state index is 0.459. The first kappa shape index (κ1) is 23.8. The van der Waals surface area contributed by atoms with Crippen molar-refractivity contribution in [2.75, 3.05) is 0 Å². The van der Waals surface area contributed by atoms with Crippen LogP contribution in [0.2, 0.25) is 0 Å². The second-order valence-corrected chi connectivity index (χ2v) is 10.3. The van der Waals surface area contributed by atoms with Crippen LogP contribution in [0.4, 0.5) is 0 Å². The molecule has 42 heavy (non-hydrogen) atoms. The zero-order valence-corrected chi connectivity index (χ0v) is 22.3. The van der Waals surface area contributed by atoms with Gasteiger partial charge in [-0.05, 0) is 88.5 Å². The summed E-state index contributed by atoms with van der Waals surface area (Å²) >= 11 is 0. The van der Waals surface area contributed by atoms with Gasteiger partial charge in [-0.15, -0.1) is 0 Å². The lowest BCUT2D eigenvalue weighted by Crippen LogP contribution is -1.92. The van der Waals surface area contributed by atoms with E-state index in [-0.39, 0.29) is 0 Å². The van der Waals surface area contributed by atoms with Gasteiger partial charge in [-0.25, -0.2) is 0 Å². The van der Waals surface area contributed by atoms with Crippen molar-refractivity contribution in [3.05, 3.63) is 132 Å². The van der Waals surface area contributed by atoms with Crippen LogP contribution in [0.5, 0.6) is 0 Å². The monoisotopic (exact) mass is 536 g/mol. The fraction of sp³-hybridized carbons (Fsp3) is 0. The van der Waals surface area contributed by atoms with E-state index in [1.54, 1.807) is 18.2 Å². The molecule has 0 N–H and O–H groups in total. The summed E-state index contributed by atoms with van der Waals surface area (Å²) in [5.74, 6) is 0. The van der Waals surface area contributed by atoms with E-state index >= 15 is 0 Å². The summed E-state index contributed by atoms with van der Waals surface area (Å²) in [4.78, 5) is 0. The van der Waals surface area contributed by atoms with Crippen LogP contribution in [0, 0.1) is 22.7 Å². The predicted octanol–water partition coefficient (Wildman–Crippen LogP) is 10.2. The van der Waals surface area contributed by atoms with Gasteiger partial charge in [-0.1, -0.05) is 60.7 Å². The third-order valence-corrected chi connectivity index (χ3v) is 7.95. The molecule has 2 aromatic heterocycles. The van der Waals surface area contributed by atoms with Crippen LogP contribution in [-0.4, -0.2) is 0 Å². The van der Waals surface area contributed by atoms with E-state index in [0.29, 0.717) is 16.7 Å². The van der Waals surface area contributed by atoms with Gasteiger partial charge in [0.2, 0.25) is 0 Å². The minimum absolute atomic E-state index is 0.459. The number of furan rings is 2. The van der Waals surface area contributed by atoms with Crippen molar-refractivity contribution in [3.8, 4) is 45.5 Å². The SMILES string of the molecule is N#Cc1cccc(C#N)c1-c1cc(-c2ccc3oc4ccccc4c3c2)cc(-c2cccc3oc4ccccc4c23)c1. The standard InChI is InChI=1S/C38H20N2O2/c39-21-24-7-5-8-25(22-40)37(24)28-18-26(23-15-16-35-32(20-23)30-9-1-3-12-33(30)41-35)17-27(19-28)29-11-6-14-36-38(29)31-10-2-4-13-34(31)42-36/h1-20H. The molecule has 0 radical (unpaired) electrons. The molecule has 0 saturated heterocycles. The van der Waals surface area contributed by atoms with Gasteiger partial charge in [0.05, 0.1) is 23.3 Å². The van der Waals surface area contributed by atoms with Gasteiger partial charge in [-0.3, -0.25) is 0 Å². The highest BCUT2D eigenvalue weighted by molar-refractivity contribution is 6.13. The average molecular weight is 537 g/mol. The Morgan fingerprint density at radius 1 is 0.429 bits per heavy atom. The Kier molecular flexibility index (Phi) is 5.22. The minimum Gasteiger partial charge on any atom is -0.456 e. The van der Waals surface area contributed by atoms with E-state index in [9.17, 15) is 10.5 Å². The summed E-state index contributed by atoms with van der Waals surface area (Å²) in [6.45, 7) is 0. The first-order valence-electron chi connectivity index (χ1n) is 13.6. The van der Waals surface area contributed by atoms with Crippen LogP contribution in [0.25, 0.3) is 77.3 Å². The Hall–Kier alpha value is -6.10. The van der Waals surface area contributed by atoms with Crippen molar-refractivity contribution in [2.24, 2.45) is 0 Å². The molecule has 0 aliphatic carbocycles. The summed E-state index contributed by atoms with van der Waals surface area (Å²) in [5, 5.41) is 24.2. The smallest absolute Gasteiger partial charge is 0.136 e. The number of nitrogens with zero attached hydrogens (tertiary/aromatic N) is 2. The lowest BCUT2D eigenvalue weighted by atomic mass is 9.88. The second-order valence-electron chi connectivity index (χ2n) is 10.3. The third kappa shape index (κ3) is 3.60. The van der Waals surface area contributed by atoms with Gasteiger partial charge in [0.1, 0.15) is 22.3 Å². The van der Waals surface area contributed by atoms with E-state index in [0.717, 1.165) is 71.7 Å². The maximum atomic E-state index is 10.0. The van der Waals surface area contributed by atoms with Gasteiger partial charge in [-0.2, -0.15) is 10.5 Å². The van der Waals surface area contributed by atoms with Gasteiger partial charge in [0, 0.05) is 27.1 Å². The Morgan fingerprint density at radius 3 is 1.81 bits per heavy atom. The third-order valence-electron chi connectivity index (χ3n) is 7.95. The Labute approximate surface area is 240 Å². The summed E-state index contributed by atoms with van der Waals surface area (Å²) < 4.78 is 12.3. The summed E-state index contributed by atoms with van der Waals surface area (Å²) in [6.07, 6.45) is 0. The van der Waals surface area contributed by atoms with Crippen molar-refractivity contribution in [3.63, 3.8) is 0 Å². The lowest BCUT2D eigenvalue weighted by molar-refractivity contribution is 0.668. The van der Waals surface area contributed by atoms with Crippen LogP contribution >= 0.6 is 0 Å². The van der Waals surface area contributed by atoms with Crippen LogP contribution in [0.1, 0.15) is 11.1 Å². The lowest BCUT2D eigenvalue weighted by Gasteiger charge is -2.14. The highest BCUT2D eigenvalue weighted by Gasteiger charge is 2.18. The average Bonchev–Trinajstić information content (AvgIpc) is 3.62. The fourth-order valence-electron chi connectivity index (χ4n) is 6.06. The van der Waals surface area contributed by atoms with Crippen molar-refractivity contribution >= 4 is 43.9 Å². The number of benzene rings is 6. The van der Waals surface area contributed by atoms with Gasteiger partial charge in [0.15, 0.2) is 0 Å². The molecule has 0 fully saturated rings. The summed E-state index contributed by atoms with van der Waals surface area (Å²) in [7, 11) is 0. The van der Waals surface area contributed by atoms with Crippen LogP contribution < -0.4 is 0 Å². The molecule has 6 aromatic carbocycles. The van der Waals surface area contributed by atoms with Crippen molar-refractivity contribution in [1.82, 2.24) is 0 Å². The van der Waals surface area contributed by atoms with Gasteiger partial charge >= 0.3 is 0 Å². The van der Waals surface area contributed by atoms with Gasteiger partial charge in [0.25, 0.3) is 0 Å². The molecule has 0 saturated carbocycles. The van der Waals surface area contributed by atoms with E-state index in [4.69, 9.17) is 8.83 Å². The van der Waals surface area contributed by atoms with Crippen LogP contribution in [0.15, 0.2) is 130 Å². The van der Waals surface area contributed by atoms with Crippen molar-refractivity contribution in [2.45, 2.75) is 0 Å². The van der Waals surface area contributed by atoms with E-state index in [1.807, 2.05) is 54.6 Å². The summed E-state index contributed by atoms with van der Waals surface area (Å²) in [6, 6.07) is 44.6. The van der Waals surface area contributed by atoms with Crippen molar-refractivity contribution in [1.29, 1.82) is 10.5 Å². The number of hydrogen-bond acceptors (Lipinski definition) is 4. The zero-order chi connectivity index (χ0) is 28.2. The molecule has 8 rings (SSSR count). The van der Waals surface area contributed by atoms with Crippen LogP contribution in [0.3, 0.4) is 0 Å². The molecular formula is C38H20N2O2. The first-order chi connectivity index (χ1) is 20.7. The Balaban J connectivity index is 1.45. The molecule has 8 aromatic rings. The van der Waals surface area contributed by atoms with E-state index in [2.05, 4.69) is 60.7 Å². The number of nitriles is 2. The maximum Gasteiger partial charge on any atom is 0.136 e. The number of rotatable bonds is 3. The fourth-order valence-corrected chi connectivity index (χ4v) is 6.06. The number of para-hydroxylation sites is 2. The molecule has 0 aliphatic heterocycles. The maximum absolute atomic E-state index is 10.0. The van der Waals surface area contributed by atoms with E-state index < -0.39 is 0 Å². The molecule has 0 unspecified atom stereocenters.